The number of ether oxygens (including phenoxy) is 2. The number of nitrogens with one attached hydrogen (secondary N) is 1. The van der Waals surface area contributed by atoms with Crippen LogP contribution in [0.3, 0.4) is 0 Å². The van der Waals surface area contributed by atoms with Crippen LogP contribution >= 0.6 is 11.3 Å². The summed E-state index contributed by atoms with van der Waals surface area (Å²) in [4.78, 5) is 16.8. The molecule has 0 saturated carbocycles. The van der Waals surface area contributed by atoms with Gasteiger partial charge >= 0.3 is 0 Å². The van der Waals surface area contributed by atoms with Gasteiger partial charge in [-0.05, 0) is 35.7 Å². The van der Waals surface area contributed by atoms with Crippen LogP contribution in [0.25, 0.3) is 11.3 Å². The maximum Gasteiger partial charge on any atom is 0.231 e. The highest BCUT2D eigenvalue weighted by Gasteiger charge is 2.15. The molecule has 6 heteroatoms. The Morgan fingerprint density at radius 3 is 2.69 bits per heavy atom. The van der Waals surface area contributed by atoms with Gasteiger partial charge in [0.25, 0.3) is 0 Å². The molecule has 3 aromatic rings. The molecule has 0 radical (unpaired) electrons. The van der Waals surface area contributed by atoms with Gasteiger partial charge in [0.2, 0.25) is 12.7 Å². The second-order valence-corrected chi connectivity index (χ2v) is 6.86. The second-order valence-electron chi connectivity index (χ2n) is 6.00. The molecule has 0 bridgehead atoms. The molecule has 1 N–H and O–H groups in total. The molecule has 0 saturated heterocycles. The average molecular weight is 366 g/mol. The fourth-order valence-electron chi connectivity index (χ4n) is 2.76. The Hall–Kier alpha value is -2.86. The molecule has 2 aromatic carbocycles. The number of hydrogen-bond acceptors (Lipinski definition) is 5. The standard InChI is InChI=1S/C20H18N2O3S/c1-2-13-3-5-14(6-4-13)9-19(23)22-20-21-16(11-26-20)15-7-8-17-18(10-15)25-12-24-17/h3-8,10-11H,2,9,12H2,1H3,(H,21,22,23). The topological polar surface area (TPSA) is 60.5 Å². The number of carbonyl (C=O) groups is 1. The third-order valence-corrected chi connectivity index (χ3v) is 4.97. The Morgan fingerprint density at radius 1 is 1.12 bits per heavy atom. The van der Waals surface area contributed by atoms with E-state index in [4.69, 9.17) is 9.47 Å². The number of nitrogens with zero attached hydrogens (tertiary/aromatic N) is 1. The van der Waals surface area contributed by atoms with E-state index in [-0.39, 0.29) is 12.7 Å². The van der Waals surface area contributed by atoms with Crippen LogP contribution in [0.5, 0.6) is 11.5 Å². The number of aryl methyl sites for hydroxylation is 1. The number of benzene rings is 2. The van der Waals surface area contributed by atoms with Crippen LogP contribution in [0.2, 0.25) is 0 Å². The lowest BCUT2D eigenvalue weighted by Crippen LogP contribution is -2.14. The number of rotatable bonds is 5. The summed E-state index contributed by atoms with van der Waals surface area (Å²) in [5.74, 6) is 1.39. The first-order chi connectivity index (χ1) is 12.7. The van der Waals surface area contributed by atoms with Crippen LogP contribution in [0.1, 0.15) is 18.1 Å². The highest BCUT2D eigenvalue weighted by molar-refractivity contribution is 7.14. The Morgan fingerprint density at radius 2 is 1.88 bits per heavy atom. The molecule has 0 atom stereocenters. The normalized spacial score (nSPS) is 12.2. The summed E-state index contributed by atoms with van der Waals surface area (Å²) in [5.41, 5.74) is 3.99. The van der Waals surface area contributed by atoms with Gasteiger partial charge in [-0.25, -0.2) is 4.98 Å². The van der Waals surface area contributed by atoms with Crippen molar-refractivity contribution >= 4 is 22.4 Å². The monoisotopic (exact) mass is 366 g/mol. The van der Waals surface area contributed by atoms with Crippen LogP contribution in [-0.2, 0) is 17.6 Å². The van der Waals surface area contributed by atoms with E-state index in [2.05, 4.69) is 29.4 Å². The summed E-state index contributed by atoms with van der Waals surface area (Å²) in [6.45, 7) is 2.36. The first-order valence-electron chi connectivity index (χ1n) is 8.44. The zero-order valence-electron chi connectivity index (χ0n) is 14.3. The zero-order chi connectivity index (χ0) is 17.9. The summed E-state index contributed by atoms with van der Waals surface area (Å²) in [6.07, 6.45) is 1.33. The molecule has 1 aliphatic rings. The maximum absolute atomic E-state index is 12.3. The van der Waals surface area contributed by atoms with Gasteiger partial charge in [-0.15, -0.1) is 11.3 Å². The van der Waals surface area contributed by atoms with Gasteiger partial charge in [0.15, 0.2) is 16.6 Å². The number of thiazole rings is 1. The van der Waals surface area contributed by atoms with Gasteiger partial charge in [0.05, 0.1) is 12.1 Å². The van der Waals surface area contributed by atoms with Crippen molar-refractivity contribution in [1.82, 2.24) is 4.98 Å². The summed E-state index contributed by atoms with van der Waals surface area (Å²) in [5, 5.41) is 5.38. The van der Waals surface area contributed by atoms with Crippen molar-refractivity contribution in [2.45, 2.75) is 19.8 Å². The van der Waals surface area contributed by atoms with Crippen LogP contribution < -0.4 is 14.8 Å². The third kappa shape index (κ3) is 3.55. The Bertz CT molecular complexity index is 934. The number of anilines is 1. The molecule has 5 nitrogen and oxygen atoms in total. The molecule has 1 aliphatic heterocycles. The van der Waals surface area contributed by atoms with Crippen molar-refractivity contribution in [3.63, 3.8) is 0 Å². The number of fused-ring (bicyclic) bond motifs is 1. The van der Waals surface area contributed by atoms with E-state index in [1.807, 2.05) is 35.7 Å². The number of hydrogen-bond donors (Lipinski definition) is 1. The predicted octanol–water partition coefficient (Wildman–Crippen LogP) is 4.28. The average Bonchev–Trinajstić information content (AvgIpc) is 3.30. The van der Waals surface area contributed by atoms with Crippen molar-refractivity contribution in [3.05, 3.63) is 59.0 Å². The Labute approximate surface area is 155 Å². The number of carbonyl (C=O) groups excluding carboxylic acids is 1. The van der Waals surface area contributed by atoms with E-state index in [0.29, 0.717) is 11.6 Å². The maximum atomic E-state index is 12.3. The van der Waals surface area contributed by atoms with Crippen molar-refractivity contribution in [2.24, 2.45) is 0 Å². The SMILES string of the molecule is CCc1ccc(CC(=O)Nc2nc(-c3ccc4c(c3)OCO4)cs2)cc1. The first kappa shape index (κ1) is 16.6. The van der Waals surface area contributed by atoms with Gasteiger partial charge in [-0.1, -0.05) is 31.2 Å². The highest BCUT2D eigenvalue weighted by Crippen LogP contribution is 2.36. The molecule has 2 heterocycles. The predicted molar refractivity (Wildman–Crippen MR) is 102 cm³/mol. The minimum atomic E-state index is -0.0687. The van der Waals surface area contributed by atoms with Gasteiger partial charge in [0, 0.05) is 10.9 Å². The van der Waals surface area contributed by atoms with Crippen LogP contribution in [0.4, 0.5) is 5.13 Å². The lowest BCUT2D eigenvalue weighted by atomic mass is 10.1. The molecule has 4 rings (SSSR count). The molecule has 1 amide bonds. The van der Waals surface area contributed by atoms with E-state index >= 15 is 0 Å². The molecule has 0 spiro atoms. The summed E-state index contributed by atoms with van der Waals surface area (Å²) in [6, 6.07) is 13.8. The quantitative estimate of drug-likeness (QED) is 0.732. The van der Waals surface area contributed by atoms with Crippen molar-refractivity contribution in [3.8, 4) is 22.8 Å². The summed E-state index contributed by atoms with van der Waals surface area (Å²) >= 11 is 1.41. The molecule has 132 valence electrons. The van der Waals surface area contributed by atoms with Gasteiger partial charge in [-0.3, -0.25) is 4.79 Å². The van der Waals surface area contributed by atoms with E-state index < -0.39 is 0 Å². The van der Waals surface area contributed by atoms with E-state index in [9.17, 15) is 4.79 Å². The molecule has 0 unspecified atom stereocenters. The van der Waals surface area contributed by atoms with Crippen molar-refractivity contribution in [1.29, 1.82) is 0 Å². The Balaban J connectivity index is 1.42. The van der Waals surface area contributed by atoms with Gasteiger partial charge < -0.3 is 14.8 Å². The minimum Gasteiger partial charge on any atom is -0.454 e. The van der Waals surface area contributed by atoms with Crippen LogP contribution in [-0.4, -0.2) is 17.7 Å². The fourth-order valence-corrected chi connectivity index (χ4v) is 3.50. The summed E-state index contributed by atoms with van der Waals surface area (Å²) < 4.78 is 10.7. The first-order valence-corrected chi connectivity index (χ1v) is 9.32. The third-order valence-electron chi connectivity index (χ3n) is 4.21. The smallest absolute Gasteiger partial charge is 0.231 e. The van der Waals surface area contributed by atoms with E-state index in [1.165, 1.54) is 16.9 Å². The van der Waals surface area contributed by atoms with Crippen LogP contribution in [0, 0.1) is 0 Å². The lowest BCUT2D eigenvalue weighted by Gasteiger charge is -2.03. The highest BCUT2D eigenvalue weighted by atomic mass is 32.1. The lowest BCUT2D eigenvalue weighted by molar-refractivity contribution is -0.115. The number of aromatic nitrogens is 1. The fraction of sp³-hybridized carbons (Fsp3) is 0.200. The minimum absolute atomic E-state index is 0.0687. The molecular weight excluding hydrogens is 348 g/mol. The molecule has 0 fully saturated rings. The van der Waals surface area contributed by atoms with Gasteiger partial charge in [-0.2, -0.15) is 0 Å². The van der Waals surface area contributed by atoms with Gasteiger partial charge in [0.1, 0.15) is 0 Å². The number of amides is 1. The Kier molecular flexibility index (Phi) is 4.58. The molecule has 0 aliphatic carbocycles. The summed E-state index contributed by atoms with van der Waals surface area (Å²) in [7, 11) is 0. The van der Waals surface area contributed by atoms with Crippen molar-refractivity contribution in [2.75, 3.05) is 12.1 Å². The second kappa shape index (κ2) is 7.17. The molecular formula is C20H18N2O3S. The van der Waals surface area contributed by atoms with E-state index in [0.717, 1.165) is 34.7 Å². The van der Waals surface area contributed by atoms with Crippen LogP contribution in [0.15, 0.2) is 47.8 Å². The largest absolute Gasteiger partial charge is 0.454 e. The van der Waals surface area contributed by atoms with E-state index in [1.54, 1.807) is 0 Å². The molecule has 26 heavy (non-hydrogen) atoms. The molecule has 1 aromatic heterocycles. The van der Waals surface area contributed by atoms with Crippen molar-refractivity contribution < 1.29 is 14.3 Å². The zero-order valence-corrected chi connectivity index (χ0v) is 15.1.